The Bertz CT molecular complexity index is 464. The Morgan fingerprint density at radius 2 is 1.80 bits per heavy atom. The lowest BCUT2D eigenvalue weighted by atomic mass is 9.95. The average Bonchev–Trinajstić information content (AvgIpc) is 3.09. The zero-order valence-electron chi connectivity index (χ0n) is 11.9. The van der Waals surface area contributed by atoms with E-state index < -0.39 is 0 Å². The second-order valence-corrected chi connectivity index (χ2v) is 6.15. The minimum absolute atomic E-state index is 0.120. The summed E-state index contributed by atoms with van der Waals surface area (Å²) in [5.74, 6) is 0.625. The number of hydrogen-bond donors (Lipinski definition) is 0. The molecule has 20 heavy (non-hydrogen) atoms. The van der Waals surface area contributed by atoms with Crippen LogP contribution in [0.25, 0.3) is 0 Å². The third kappa shape index (κ3) is 2.93. The van der Waals surface area contributed by atoms with Crippen LogP contribution in [0.4, 0.5) is 4.39 Å². The number of halogens is 1. The molecule has 1 aromatic carbocycles. The molecule has 2 aliphatic rings. The lowest BCUT2D eigenvalue weighted by molar-refractivity contribution is 0.0896. The molecule has 0 spiro atoms. The molecular formula is C17H22FNO. The van der Waals surface area contributed by atoms with Crippen LogP contribution in [0.15, 0.2) is 24.3 Å². The van der Waals surface area contributed by atoms with E-state index >= 15 is 0 Å². The van der Waals surface area contributed by atoms with E-state index in [2.05, 4.69) is 4.90 Å². The summed E-state index contributed by atoms with van der Waals surface area (Å²) in [6.45, 7) is 1.53. The maximum Gasteiger partial charge on any atom is 0.176 e. The highest BCUT2D eigenvalue weighted by Gasteiger charge is 2.34. The molecule has 0 radical (unpaired) electrons. The van der Waals surface area contributed by atoms with Gasteiger partial charge in [-0.1, -0.05) is 12.8 Å². The zero-order chi connectivity index (χ0) is 13.9. The van der Waals surface area contributed by atoms with E-state index in [-0.39, 0.29) is 11.6 Å². The molecule has 1 atom stereocenters. The highest BCUT2D eigenvalue weighted by Crippen LogP contribution is 2.35. The van der Waals surface area contributed by atoms with Crippen LogP contribution in [-0.4, -0.2) is 29.8 Å². The van der Waals surface area contributed by atoms with Crippen LogP contribution in [0.2, 0.25) is 0 Å². The molecule has 1 heterocycles. The van der Waals surface area contributed by atoms with E-state index in [0.29, 0.717) is 18.2 Å². The minimum Gasteiger partial charge on any atom is -0.293 e. The summed E-state index contributed by atoms with van der Waals surface area (Å²) in [6, 6.07) is 6.52. The molecule has 0 N–H and O–H groups in total. The summed E-state index contributed by atoms with van der Waals surface area (Å²) in [4.78, 5) is 14.7. The standard InChI is InChI=1S/C17H22FNO/c18-15-9-7-14(8-10-15)17(20)12-19-11-3-6-16(19)13-4-1-2-5-13/h7-10,13,16H,1-6,11-12H2. The average molecular weight is 275 g/mol. The Morgan fingerprint density at radius 1 is 1.10 bits per heavy atom. The van der Waals surface area contributed by atoms with E-state index in [9.17, 15) is 9.18 Å². The molecule has 0 amide bonds. The molecule has 1 aliphatic carbocycles. The maximum atomic E-state index is 12.9. The van der Waals surface area contributed by atoms with Crippen LogP contribution in [-0.2, 0) is 0 Å². The van der Waals surface area contributed by atoms with Crippen molar-refractivity contribution in [1.29, 1.82) is 0 Å². The van der Waals surface area contributed by atoms with Crippen LogP contribution in [0.5, 0.6) is 0 Å². The van der Waals surface area contributed by atoms with Gasteiger partial charge in [-0.2, -0.15) is 0 Å². The molecule has 2 fully saturated rings. The van der Waals surface area contributed by atoms with Gasteiger partial charge in [-0.25, -0.2) is 4.39 Å². The molecule has 108 valence electrons. The number of Topliss-reactive ketones (excluding diaryl/α,β-unsaturated/α-hetero) is 1. The highest BCUT2D eigenvalue weighted by molar-refractivity contribution is 5.97. The smallest absolute Gasteiger partial charge is 0.176 e. The minimum atomic E-state index is -0.286. The summed E-state index contributed by atoms with van der Waals surface area (Å²) in [5, 5.41) is 0. The van der Waals surface area contributed by atoms with Crippen LogP contribution in [0.1, 0.15) is 48.9 Å². The number of carbonyl (C=O) groups is 1. The van der Waals surface area contributed by atoms with Crippen molar-refractivity contribution in [2.24, 2.45) is 5.92 Å². The number of benzene rings is 1. The van der Waals surface area contributed by atoms with Crippen molar-refractivity contribution < 1.29 is 9.18 Å². The van der Waals surface area contributed by atoms with E-state index in [1.165, 1.54) is 50.7 Å². The van der Waals surface area contributed by atoms with Gasteiger partial charge in [0.2, 0.25) is 0 Å². The Kier molecular flexibility index (Phi) is 4.16. The van der Waals surface area contributed by atoms with Gasteiger partial charge in [0.25, 0.3) is 0 Å². The first-order chi connectivity index (χ1) is 9.74. The lowest BCUT2D eigenvalue weighted by Crippen LogP contribution is -2.38. The zero-order valence-corrected chi connectivity index (χ0v) is 11.9. The van der Waals surface area contributed by atoms with Gasteiger partial charge >= 0.3 is 0 Å². The summed E-state index contributed by atoms with van der Waals surface area (Å²) in [6.07, 6.45) is 7.79. The lowest BCUT2D eigenvalue weighted by Gasteiger charge is -2.28. The summed E-state index contributed by atoms with van der Waals surface area (Å²) >= 11 is 0. The monoisotopic (exact) mass is 275 g/mol. The highest BCUT2D eigenvalue weighted by atomic mass is 19.1. The second kappa shape index (κ2) is 6.04. The van der Waals surface area contributed by atoms with Gasteiger partial charge in [-0.3, -0.25) is 9.69 Å². The number of carbonyl (C=O) groups excluding carboxylic acids is 1. The van der Waals surface area contributed by atoms with Crippen molar-refractivity contribution in [2.75, 3.05) is 13.1 Å². The van der Waals surface area contributed by atoms with Gasteiger partial charge in [-0.05, 0) is 62.4 Å². The second-order valence-electron chi connectivity index (χ2n) is 6.15. The van der Waals surface area contributed by atoms with Gasteiger partial charge < -0.3 is 0 Å². The molecule has 0 bridgehead atoms. The summed E-state index contributed by atoms with van der Waals surface area (Å²) in [5.41, 5.74) is 0.628. The number of nitrogens with zero attached hydrogens (tertiary/aromatic N) is 1. The molecule has 0 aromatic heterocycles. The molecule has 1 aromatic rings. The molecule has 2 nitrogen and oxygen atoms in total. The first-order valence-corrected chi connectivity index (χ1v) is 7.77. The summed E-state index contributed by atoms with van der Waals surface area (Å²) < 4.78 is 12.9. The first kappa shape index (κ1) is 13.7. The fraction of sp³-hybridized carbons (Fsp3) is 0.588. The van der Waals surface area contributed by atoms with Crippen molar-refractivity contribution >= 4 is 5.78 Å². The quantitative estimate of drug-likeness (QED) is 0.782. The molecule has 3 heteroatoms. The normalized spacial score (nSPS) is 24.4. The van der Waals surface area contributed by atoms with Gasteiger partial charge in [0.1, 0.15) is 5.82 Å². The van der Waals surface area contributed by atoms with E-state index in [1.54, 1.807) is 12.1 Å². The molecule has 3 rings (SSSR count). The molecule has 1 saturated heterocycles. The van der Waals surface area contributed by atoms with Gasteiger partial charge in [-0.15, -0.1) is 0 Å². The van der Waals surface area contributed by atoms with Gasteiger partial charge in [0.15, 0.2) is 5.78 Å². The fourth-order valence-electron chi connectivity index (χ4n) is 3.84. The third-order valence-electron chi connectivity index (χ3n) is 4.87. The molecular weight excluding hydrogens is 253 g/mol. The topological polar surface area (TPSA) is 20.3 Å². The summed E-state index contributed by atoms with van der Waals surface area (Å²) in [7, 11) is 0. The molecule has 1 saturated carbocycles. The fourth-order valence-corrected chi connectivity index (χ4v) is 3.84. The van der Waals surface area contributed by atoms with E-state index in [0.717, 1.165) is 12.5 Å². The van der Waals surface area contributed by atoms with Gasteiger partial charge in [0.05, 0.1) is 6.54 Å². The van der Waals surface area contributed by atoms with Crippen molar-refractivity contribution in [3.05, 3.63) is 35.6 Å². The predicted molar refractivity (Wildman–Crippen MR) is 77.3 cm³/mol. The Balaban J connectivity index is 1.63. The molecule has 1 unspecified atom stereocenters. The number of likely N-dealkylation sites (tertiary alicyclic amines) is 1. The van der Waals surface area contributed by atoms with Crippen molar-refractivity contribution in [1.82, 2.24) is 4.90 Å². The Labute approximate surface area is 120 Å². The SMILES string of the molecule is O=C(CN1CCCC1C1CCCC1)c1ccc(F)cc1. The van der Waals surface area contributed by atoms with Crippen molar-refractivity contribution in [3.63, 3.8) is 0 Å². The van der Waals surface area contributed by atoms with Crippen LogP contribution >= 0.6 is 0 Å². The predicted octanol–water partition coefficient (Wildman–Crippen LogP) is 3.66. The number of ketones is 1. The maximum absolute atomic E-state index is 12.9. The Hall–Kier alpha value is -1.22. The number of hydrogen-bond acceptors (Lipinski definition) is 2. The first-order valence-electron chi connectivity index (χ1n) is 7.77. The van der Waals surface area contributed by atoms with Crippen molar-refractivity contribution in [3.8, 4) is 0 Å². The van der Waals surface area contributed by atoms with E-state index in [1.807, 2.05) is 0 Å². The largest absolute Gasteiger partial charge is 0.293 e. The molecule has 1 aliphatic heterocycles. The van der Waals surface area contributed by atoms with Crippen molar-refractivity contribution in [2.45, 2.75) is 44.6 Å². The van der Waals surface area contributed by atoms with Crippen LogP contribution in [0, 0.1) is 11.7 Å². The van der Waals surface area contributed by atoms with Crippen LogP contribution in [0.3, 0.4) is 0 Å². The number of rotatable bonds is 4. The third-order valence-corrected chi connectivity index (χ3v) is 4.87. The van der Waals surface area contributed by atoms with E-state index in [4.69, 9.17) is 0 Å². The van der Waals surface area contributed by atoms with Gasteiger partial charge in [0, 0.05) is 11.6 Å². The Morgan fingerprint density at radius 3 is 2.50 bits per heavy atom. The van der Waals surface area contributed by atoms with Crippen LogP contribution < -0.4 is 0 Å².